The summed E-state index contributed by atoms with van der Waals surface area (Å²) in [7, 11) is -3.17. The van der Waals surface area contributed by atoms with E-state index in [2.05, 4.69) is 27.9 Å². The molecule has 0 bridgehead atoms. The molecule has 0 radical (unpaired) electrons. The average molecular weight is 305 g/mol. The van der Waals surface area contributed by atoms with Crippen LogP contribution in [0.3, 0.4) is 0 Å². The van der Waals surface area contributed by atoms with Crippen molar-refractivity contribution in [1.82, 2.24) is 5.32 Å². The zero-order valence-corrected chi connectivity index (χ0v) is 9.81. The molecule has 0 aromatic rings. The van der Waals surface area contributed by atoms with Crippen molar-refractivity contribution in [1.29, 1.82) is 0 Å². The molecular formula is C6H12INO3S. The number of amides is 1. The van der Waals surface area contributed by atoms with Crippen molar-refractivity contribution >= 4 is 38.3 Å². The molecule has 0 saturated carbocycles. The van der Waals surface area contributed by atoms with Crippen molar-refractivity contribution < 1.29 is 13.2 Å². The maximum atomic E-state index is 10.8. The van der Waals surface area contributed by atoms with Crippen molar-refractivity contribution in [2.45, 2.75) is 6.42 Å². The number of halogens is 1. The Morgan fingerprint density at radius 2 is 2.08 bits per heavy atom. The molecule has 0 aromatic heterocycles. The molecule has 0 atom stereocenters. The van der Waals surface area contributed by atoms with Crippen molar-refractivity contribution in [2.24, 2.45) is 0 Å². The highest BCUT2D eigenvalue weighted by Gasteiger charge is 2.09. The topological polar surface area (TPSA) is 63.2 Å². The fourth-order valence-corrected chi connectivity index (χ4v) is 1.54. The second kappa shape index (κ2) is 5.74. The first-order valence-corrected chi connectivity index (χ1v) is 7.04. The molecule has 1 N–H and O–H groups in total. The van der Waals surface area contributed by atoms with Crippen LogP contribution in [-0.2, 0) is 14.6 Å². The Hall–Kier alpha value is 0.150. The summed E-state index contributed by atoms with van der Waals surface area (Å²) in [6.45, 7) is 0.553. The van der Waals surface area contributed by atoms with Gasteiger partial charge in [0.05, 0.1) is 0 Å². The van der Waals surface area contributed by atoms with E-state index in [4.69, 9.17) is 0 Å². The molecule has 0 aliphatic heterocycles. The first-order chi connectivity index (χ1) is 5.45. The molecule has 12 heavy (non-hydrogen) atoms. The summed E-state index contributed by atoms with van der Waals surface area (Å²) in [5.41, 5.74) is 0. The van der Waals surface area contributed by atoms with Gasteiger partial charge in [0.2, 0.25) is 5.91 Å². The molecule has 0 aliphatic carbocycles. The minimum Gasteiger partial charge on any atom is -0.355 e. The van der Waals surface area contributed by atoms with Gasteiger partial charge in [-0.3, -0.25) is 4.79 Å². The van der Waals surface area contributed by atoms with Crippen molar-refractivity contribution in [3.8, 4) is 0 Å². The van der Waals surface area contributed by atoms with Gasteiger partial charge in [-0.15, -0.1) is 0 Å². The second-order valence-corrected chi connectivity index (χ2v) is 5.68. The van der Waals surface area contributed by atoms with Gasteiger partial charge in [0, 0.05) is 17.2 Å². The number of sulfone groups is 1. The van der Waals surface area contributed by atoms with Crippen LogP contribution in [0.15, 0.2) is 0 Å². The van der Waals surface area contributed by atoms with Crippen molar-refractivity contribution in [2.75, 3.05) is 23.0 Å². The maximum Gasteiger partial charge on any atom is 0.235 e. The van der Waals surface area contributed by atoms with E-state index in [1.807, 2.05) is 0 Å². The van der Waals surface area contributed by atoms with E-state index in [9.17, 15) is 13.2 Å². The summed E-state index contributed by atoms with van der Waals surface area (Å²) in [5, 5.41) is 2.52. The summed E-state index contributed by atoms with van der Waals surface area (Å²) in [5.74, 6) is -0.823. The lowest BCUT2D eigenvalue weighted by atomic mass is 10.5. The highest BCUT2D eigenvalue weighted by atomic mass is 127. The lowest BCUT2D eigenvalue weighted by molar-refractivity contribution is -0.118. The number of carbonyl (C=O) groups is 1. The predicted molar refractivity (Wildman–Crippen MR) is 56.2 cm³/mol. The van der Waals surface area contributed by atoms with E-state index in [0.717, 1.165) is 17.1 Å². The van der Waals surface area contributed by atoms with Crippen LogP contribution in [0.25, 0.3) is 0 Å². The van der Waals surface area contributed by atoms with Crippen LogP contribution in [0.4, 0.5) is 0 Å². The molecule has 0 fully saturated rings. The molecule has 4 nitrogen and oxygen atoms in total. The molecule has 72 valence electrons. The van der Waals surface area contributed by atoms with E-state index in [0.29, 0.717) is 6.54 Å². The Kier molecular flexibility index (Phi) is 5.81. The van der Waals surface area contributed by atoms with Crippen LogP contribution in [0.1, 0.15) is 6.42 Å². The Labute approximate surface area is 86.2 Å². The van der Waals surface area contributed by atoms with E-state index in [-0.39, 0.29) is 0 Å². The van der Waals surface area contributed by atoms with Crippen LogP contribution in [0, 0.1) is 0 Å². The highest BCUT2D eigenvalue weighted by molar-refractivity contribution is 14.1. The maximum absolute atomic E-state index is 10.8. The molecule has 0 heterocycles. The van der Waals surface area contributed by atoms with Crippen molar-refractivity contribution in [3.63, 3.8) is 0 Å². The minimum atomic E-state index is -3.17. The number of alkyl halides is 1. The van der Waals surface area contributed by atoms with Crippen LogP contribution in [0.2, 0.25) is 0 Å². The summed E-state index contributed by atoms with van der Waals surface area (Å²) < 4.78 is 22.2. The standard InChI is InChI=1S/C6H12INO3S/c1-12(10,11)5-6(9)8-4-2-3-7/h2-5H2,1H3,(H,8,9). The fraction of sp³-hybridized carbons (Fsp3) is 0.833. The van der Waals surface area contributed by atoms with Gasteiger partial charge in [-0.1, -0.05) is 22.6 Å². The van der Waals surface area contributed by atoms with E-state index >= 15 is 0 Å². The fourth-order valence-electron chi connectivity index (χ4n) is 0.584. The molecule has 0 rings (SSSR count). The predicted octanol–water partition coefficient (Wildman–Crippen LogP) is -0.0277. The van der Waals surface area contributed by atoms with Crippen LogP contribution < -0.4 is 5.32 Å². The quantitative estimate of drug-likeness (QED) is 0.441. The van der Waals surface area contributed by atoms with Gasteiger partial charge in [0.25, 0.3) is 0 Å². The number of hydrogen-bond donors (Lipinski definition) is 1. The molecular weight excluding hydrogens is 293 g/mol. The monoisotopic (exact) mass is 305 g/mol. The van der Waals surface area contributed by atoms with Gasteiger partial charge >= 0.3 is 0 Å². The third-order valence-corrected chi connectivity index (χ3v) is 2.58. The highest BCUT2D eigenvalue weighted by Crippen LogP contribution is 1.86. The molecule has 1 amide bonds. The summed E-state index contributed by atoms with van der Waals surface area (Å²) in [4.78, 5) is 10.8. The number of rotatable bonds is 5. The molecule has 6 heteroatoms. The van der Waals surface area contributed by atoms with Crippen LogP contribution >= 0.6 is 22.6 Å². The number of carbonyl (C=O) groups excluding carboxylic acids is 1. The minimum absolute atomic E-state index is 0.408. The van der Waals surface area contributed by atoms with E-state index in [1.54, 1.807) is 0 Å². The average Bonchev–Trinajstić information content (AvgIpc) is 1.84. The zero-order chi connectivity index (χ0) is 9.61. The first kappa shape index (κ1) is 12.2. The van der Waals surface area contributed by atoms with Gasteiger partial charge in [0.1, 0.15) is 5.75 Å². The van der Waals surface area contributed by atoms with Gasteiger partial charge in [0.15, 0.2) is 9.84 Å². The Morgan fingerprint density at radius 1 is 1.50 bits per heavy atom. The van der Waals surface area contributed by atoms with Gasteiger partial charge in [-0.2, -0.15) is 0 Å². The Bertz CT molecular complexity index is 237. The van der Waals surface area contributed by atoms with Crippen LogP contribution in [-0.4, -0.2) is 37.3 Å². The zero-order valence-electron chi connectivity index (χ0n) is 6.84. The molecule has 0 aromatic carbocycles. The van der Waals surface area contributed by atoms with E-state index < -0.39 is 21.5 Å². The second-order valence-electron chi connectivity index (χ2n) is 2.46. The lowest BCUT2D eigenvalue weighted by Gasteiger charge is -2.01. The lowest BCUT2D eigenvalue weighted by Crippen LogP contribution is -2.30. The van der Waals surface area contributed by atoms with Crippen molar-refractivity contribution in [3.05, 3.63) is 0 Å². The molecule has 0 unspecified atom stereocenters. The van der Waals surface area contributed by atoms with Gasteiger partial charge in [-0.25, -0.2) is 8.42 Å². The summed E-state index contributed by atoms with van der Waals surface area (Å²) in [6, 6.07) is 0. The SMILES string of the molecule is CS(=O)(=O)CC(=O)NCCCI. The van der Waals surface area contributed by atoms with Gasteiger partial charge in [-0.05, 0) is 6.42 Å². The Morgan fingerprint density at radius 3 is 2.50 bits per heavy atom. The number of hydrogen-bond acceptors (Lipinski definition) is 3. The molecule has 0 aliphatic rings. The third kappa shape index (κ3) is 8.25. The third-order valence-electron chi connectivity index (χ3n) is 1.03. The number of nitrogens with one attached hydrogen (secondary N) is 1. The largest absolute Gasteiger partial charge is 0.355 e. The van der Waals surface area contributed by atoms with Crippen LogP contribution in [0.5, 0.6) is 0 Å². The normalized spacial score (nSPS) is 11.2. The Balaban J connectivity index is 3.62. The molecule has 0 saturated heterocycles. The first-order valence-electron chi connectivity index (χ1n) is 3.46. The van der Waals surface area contributed by atoms with E-state index in [1.165, 1.54) is 0 Å². The van der Waals surface area contributed by atoms with Gasteiger partial charge < -0.3 is 5.32 Å². The summed E-state index contributed by atoms with van der Waals surface area (Å²) >= 11 is 2.19. The smallest absolute Gasteiger partial charge is 0.235 e. The summed E-state index contributed by atoms with van der Waals surface area (Å²) in [6.07, 6.45) is 1.92. The molecule has 0 spiro atoms.